The summed E-state index contributed by atoms with van der Waals surface area (Å²) in [6, 6.07) is 0. The summed E-state index contributed by atoms with van der Waals surface area (Å²) in [5.41, 5.74) is 0. The molecule has 0 fully saturated rings. The van der Waals surface area contributed by atoms with Gasteiger partial charge in [0.2, 0.25) is 0 Å². The van der Waals surface area contributed by atoms with Crippen LogP contribution in [-0.2, 0) is 23.7 Å². The topological polar surface area (TPSA) is 57.5 Å². The Morgan fingerprint density at radius 1 is 0.318 bits per heavy atom. The number of aliphatic hydroxyl groups is 2. The molecule has 0 aliphatic heterocycles. The van der Waals surface area contributed by atoms with Crippen molar-refractivity contribution in [3.63, 3.8) is 0 Å². The maximum atomic E-state index is 8.51. The second kappa shape index (κ2) is 66.0. The molecule has 0 bridgehead atoms. The van der Waals surface area contributed by atoms with Gasteiger partial charge in [-0.1, -0.05) is 207 Å². The van der Waals surface area contributed by atoms with Crippen molar-refractivity contribution in [3.05, 3.63) is 13.8 Å². The van der Waals surface area contributed by atoms with E-state index in [4.69, 9.17) is 13.5 Å². The van der Waals surface area contributed by atoms with E-state index >= 15 is 0 Å². The van der Waals surface area contributed by atoms with E-state index in [1.54, 1.807) is 0 Å². The SMILES string of the molecule is CCCCCCCCCCO.CCCCCCCCCCO.[CH2-]CCCCCCCCC.[CH2-]CCCCCCCCC.[O]=[Ti+2]. The van der Waals surface area contributed by atoms with Crippen LogP contribution in [0.15, 0.2) is 0 Å². The summed E-state index contributed by atoms with van der Waals surface area (Å²) in [7, 11) is 0. The van der Waals surface area contributed by atoms with Crippen LogP contribution in [0, 0.1) is 13.8 Å². The Balaban J connectivity index is -0.000000151. The average Bonchev–Trinajstić information content (AvgIpc) is 3.05. The zero-order valence-corrected chi connectivity index (χ0v) is 32.8. The van der Waals surface area contributed by atoms with Gasteiger partial charge in [0.15, 0.2) is 0 Å². The van der Waals surface area contributed by atoms with Crippen LogP contribution >= 0.6 is 0 Å². The molecule has 0 aliphatic carbocycles. The molecule has 0 aromatic rings. The van der Waals surface area contributed by atoms with Crippen molar-refractivity contribution < 1.29 is 33.9 Å². The molecule has 3 nitrogen and oxygen atoms in total. The van der Waals surface area contributed by atoms with E-state index in [2.05, 4.69) is 41.5 Å². The summed E-state index contributed by atoms with van der Waals surface area (Å²) in [6.45, 7) is 17.4. The molecule has 0 rings (SSSR count). The first-order valence-corrected chi connectivity index (χ1v) is 20.3. The van der Waals surface area contributed by atoms with Crippen molar-refractivity contribution >= 4 is 0 Å². The molecule has 4 heteroatoms. The van der Waals surface area contributed by atoms with Gasteiger partial charge in [-0.05, 0) is 12.8 Å². The van der Waals surface area contributed by atoms with E-state index in [1.807, 2.05) is 0 Å². The molecule has 0 unspecified atom stereocenters. The fourth-order valence-electron chi connectivity index (χ4n) is 4.76. The second-order valence-corrected chi connectivity index (χ2v) is 12.3. The van der Waals surface area contributed by atoms with Gasteiger partial charge in [0, 0.05) is 13.2 Å². The van der Waals surface area contributed by atoms with Crippen LogP contribution in [0.5, 0.6) is 0 Å². The summed E-state index contributed by atoms with van der Waals surface area (Å²) in [5, 5.41) is 17.0. The van der Waals surface area contributed by atoms with Gasteiger partial charge in [-0.2, -0.15) is 12.8 Å². The Morgan fingerprint density at radius 3 is 0.636 bits per heavy atom. The minimum absolute atomic E-state index is 0.370. The number of aliphatic hydroxyl groups excluding tert-OH is 2. The Kier molecular flexibility index (Phi) is 80.8. The quantitative estimate of drug-likeness (QED) is 0.0457. The predicted octanol–water partition coefficient (Wildman–Crippen LogP) is 14.0. The third kappa shape index (κ3) is 78.7. The third-order valence-electron chi connectivity index (χ3n) is 7.73. The van der Waals surface area contributed by atoms with Crippen molar-refractivity contribution in [2.24, 2.45) is 0 Å². The summed E-state index contributed by atoms with van der Waals surface area (Å²) in [5.74, 6) is 0. The molecule has 0 atom stereocenters. The van der Waals surface area contributed by atoms with Gasteiger partial charge < -0.3 is 24.1 Å². The van der Waals surface area contributed by atoms with Gasteiger partial charge in [-0.3, -0.25) is 0 Å². The second-order valence-electron chi connectivity index (χ2n) is 12.3. The molecule has 2 N–H and O–H groups in total. The number of hydrogen-bond acceptors (Lipinski definition) is 3. The van der Waals surface area contributed by atoms with Crippen molar-refractivity contribution in [3.8, 4) is 0 Å². The van der Waals surface area contributed by atoms with Crippen LogP contribution in [0.4, 0.5) is 0 Å². The monoisotopic (exact) mass is 663 g/mol. The summed E-state index contributed by atoms with van der Waals surface area (Å²) in [6.07, 6.45) is 42.6. The predicted molar refractivity (Wildman–Crippen MR) is 196 cm³/mol. The van der Waals surface area contributed by atoms with Gasteiger partial charge in [-0.25, -0.2) is 0 Å². The molecule has 0 spiro atoms. The fourth-order valence-corrected chi connectivity index (χ4v) is 4.76. The van der Waals surface area contributed by atoms with Crippen molar-refractivity contribution in [2.75, 3.05) is 13.2 Å². The molecule has 0 aromatic heterocycles. The minimum atomic E-state index is 0.370. The van der Waals surface area contributed by atoms with E-state index in [0.29, 0.717) is 13.2 Å². The van der Waals surface area contributed by atoms with Gasteiger partial charge in [0.1, 0.15) is 0 Å². The number of rotatable bonds is 30. The first-order valence-electron chi connectivity index (χ1n) is 19.7. The molecule has 0 aromatic carbocycles. The van der Waals surface area contributed by atoms with Gasteiger partial charge >= 0.3 is 23.7 Å². The number of unbranched alkanes of at least 4 members (excludes halogenated alkanes) is 28. The zero-order valence-electron chi connectivity index (χ0n) is 31.3. The summed E-state index contributed by atoms with van der Waals surface area (Å²) >= 11 is 0.750. The Morgan fingerprint density at radius 2 is 0.477 bits per heavy atom. The third-order valence-corrected chi connectivity index (χ3v) is 7.73. The maximum absolute atomic E-state index is 8.51. The first-order chi connectivity index (χ1) is 21.7. The summed E-state index contributed by atoms with van der Waals surface area (Å²) in [4.78, 5) is 0. The Labute approximate surface area is 293 Å². The van der Waals surface area contributed by atoms with Crippen LogP contribution in [0.1, 0.15) is 233 Å². The molecular formula is C40H86O3Ti. The van der Waals surface area contributed by atoms with Gasteiger partial charge in [0.05, 0.1) is 0 Å². The van der Waals surface area contributed by atoms with Crippen molar-refractivity contribution in [1.29, 1.82) is 0 Å². The van der Waals surface area contributed by atoms with E-state index in [0.717, 1.165) is 46.1 Å². The van der Waals surface area contributed by atoms with Crippen LogP contribution < -0.4 is 0 Å². The molecule has 0 radical (unpaired) electrons. The number of hydrogen-bond donors (Lipinski definition) is 2. The fraction of sp³-hybridized carbons (Fsp3) is 0.950. The van der Waals surface area contributed by atoms with Crippen LogP contribution in [0.25, 0.3) is 0 Å². The van der Waals surface area contributed by atoms with Gasteiger partial charge in [-0.15, -0.1) is 0 Å². The van der Waals surface area contributed by atoms with Gasteiger partial charge in [0.25, 0.3) is 0 Å². The zero-order chi connectivity index (χ0) is 34.0. The van der Waals surface area contributed by atoms with E-state index in [-0.39, 0.29) is 0 Å². The van der Waals surface area contributed by atoms with E-state index in [1.165, 1.54) is 180 Å². The Bertz CT molecular complexity index is 316. The molecule has 44 heavy (non-hydrogen) atoms. The first kappa shape index (κ1) is 53.9. The molecule has 0 saturated carbocycles. The standard InChI is InChI=1S/2C10H22O.2C10H21.O.Ti/c2*1-2-3-4-5-6-7-8-9-10-11;2*1-3-5-7-9-10-8-6-4-2;;/h2*11H,2-10H2,1H3;2*1,3-10H2,2H3;;/q;;2*-1;;+2. The summed E-state index contributed by atoms with van der Waals surface area (Å²) < 4.78 is 8.25. The molecule has 0 amide bonds. The van der Waals surface area contributed by atoms with Crippen molar-refractivity contribution in [2.45, 2.75) is 233 Å². The Hall–Kier alpha value is 0.434. The van der Waals surface area contributed by atoms with Crippen molar-refractivity contribution in [1.82, 2.24) is 0 Å². The van der Waals surface area contributed by atoms with Crippen LogP contribution in [0.2, 0.25) is 0 Å². The van der Waals surface area contributed by atoms with Crippen LogP contribution in [-0.4, -0.2) is 23.4 Å². The molecular weight excluding hydrogens is 576 g/mol. The molecule has 268 valence electrons. The van der Waals surface area contributed by atoms with E-state index in [9.17, 15) is 0 Å². The van der Waals surface area contributed by atoms with Crippen LogP contribution in [0.3, 0.4) is 0 Å². The molecule has 0 heterocycles. The normalized spacial score (nSPS) is 9.95. The van der Waals surface area contributed by atoms with E-state index < -0.39 is 0 Å². The molecule has 0 aliphatic rings. The molecule has 0 saturated heterocycles. The average molecular weight is 663 g/mol.